The summed E-state index contributed by atoms with van der Waals surface area (Å²) in [6.45, 7) is 0. The Morgan fingerprint density at radius 1 is 0.969 bits per heavy atom. The van der Waals surface area contributed by atoms with Gasteiger partial charge in [-0.25, -0.2) is 9.97 Å². The highest BCUT2D eigenvalue weighted by Crippen LogP contribution is 2.32. The van der Waals surface area contributed by atoms with Crippen LogP contribution in [0.15, 0.2) is 60.9 Å². The largest absolute Gasteiger partial charge is 0.493 e. The van der Waals surface area contributed by atoms with Crippen LogP contribution in [0.25, 0.3) is 10.9 Å². The van der Waals surface area contributed by atoms with E-state index in [1.807, 2.05) is 6.07 Å². The summed E-state index contributed by atoms with van der Waals surface area (Å²) in [6, 6.07) is 13.8. The van der Waals surface area contributed by atoms with Gasteiger partial charge in [0.15, 0.2) is 11.5 Å². The van der Waals surface area contributed by atoms with Gasteiger partial charge in [-0.3, -0.25) is 9.78 Å². The van der Waals surface area contributed by atoms with Gasteiger partial charge in [-0.1, -0.05) is 17.7 Å². The number of benzene rings is 2. The SMILES string of the molecule is COc1cc2cnc(Nc3ccc(C(=O)c4ccccn4)c(Cl)c3)nc2cc1OC.Cl.Cl. The Morgan fingerprint density at radius 3 is 2.38 bits per heavy atom. The van der Waals surface area contributed by atoms with Crippen molar-refractivity contribution in [3.8, 4) is 11.5 Å². The van der Waals surface area contributed by atoms with Crippen molar-refractivity contribution in [3.63, 3.8) is 0 Å². The first-order valence-electron chi connectivity index (χ1n) is 9.00. The van der Waals surface area contributed by atoms with Gasteiger partial charge in [0.2, 0.25) is 11.7 Å². The lowest BCUT2D eigenvalue weighted by Crippen LogP contribution is -2.05. The molecule has 7 nitrogen and oxygen atoms in total. The zero-order valence-electron chi connectivity index (χ0n) is 17.0. The number of carbonyl (C=O) groups is 1. The highest BCUT2D eigenvalue weighted by Gasteiger charge is 2.15. The van der Waals surface area contributed by atoms with E-state index in [9.17, 15) is 4.79 Å². The van der Waals surface area contributed by atoms with Gasteiger partial charge in [0.25, 0.3) is 0 Å². The molecule has 0 aliphatic heterocycles. The molecule has 0 fully saturated rings. The molecule has 2 aromatic carbocycles. The summed E-state index contributed by atoms with van der Waals surface area (Å²) >= 11 is 6.35. The third-order valence-electron chi connectivity index (χ3n) is 4.45. The fourth-order valence-corrected chi connectivity index (χ4v) is 3.23. The highest BCUT2D eigenvalue weighted by atomic mass is 35.5. The fraction of sp³-hybridized carbons (Fsp3) is 0.0909. The molecule has 0 bridgehead atoms. The normalized spacial score (nSPS) is 9.97. The number of aromatic nitrogens is 3. The molecule has 0 aliphatic rings. The van der Waals surface area contributed by atoms with Crippen LogP contribution in [-0.2, 0) is 0 Å². The summed E-state index contributed by atoms with van der Waals surface area (Å²) in [7, 11) is 3.15. The molecule has 2 heterocycles. The molecule has 2 aromatic heterocycles. The summed E-state index contributed by atoms with van der Waals surface area (Å²) in [5, 5.41) is 4.22. The lowest BCUT2D eigenvalue weighted by molar-refractivity contribution is 0.103. The number of hydrogen-bond acceptors (Lipinski definition) is 7. The van der Waals surface area contributed by atoms with Crippen LogP contribution in [0.1, 0.15) is 16.1 Å². The number of halogens is 3. The van der Waals surface area contributed by atoms with Crippen LogP contribution < -0.4 is 14.8 Å². The molecule has 0 spiro atoms. The lowest BCUT2D eigenvalue weighted by Gasteiger charge is -2.11. The maximum Gasteiger partial charge on any atom is 0.227 e. The topological polar surface area (TPSA) is 86.2 Å². The van der Waals surface area contributed by atoms with Crippen molar-refractivity contribution in [2.75, 3.05) is 19.5 Å². The number of ether oxygens (including phenoxy) is 2. The summed E-state index contributed by atoms with van der Waals surface area (Å²) in [4.78, 5) is 25.5. The Bertz CT molecular complexity index is 1240. The van der Waals surface area contributed by atoms with Gasteiger partial charge in [0.05, 0.1) is 24.8 Å². The molecule has 0 amide bonds. The maximum absolute atomic E-state index is 12.6. The second kappa shape index (κ2) is 10.9. The Kier molecular flexibility index (Phi) is 8.60. The van der Waals surface area contributed by atoms with Crippen molar-refractivity contribution in [2.24, 2.45) is 0 Å². The van der Waals surface area contributed by atoms with E-state index in [2.05, 4.69) is 20.3 Å². The zero-order valence-corrected chi connectivity index (χ0v) is 19.4. The standard InChI is InChI=1S/C22H17ClN4O3.2ClH/c1-29-19-9-13-12-25-22(27-18(13)11-20(19)30-2)26-14-6-7-15(16(23)10-14)21(28)17-5-3-4-8-24-17;;/h3-12H,1-2H3,(H,25,26,27);2*1H. The average Bonchev–Trinajstić information content (AvgIpc) is 2.78. The van der Waals surface area contributed by atoms with Crippen LogP contribution in [0.4, 0.5) is 11.6 Å². The smallest absolute Gasteiger partial charge is 0.227 e. The molecule has 1 N–H and O–H groups in total. The first-order valence-corrected chi connectivity index (χ1v) is 9.38. The van der Waals surface area contributed by atoms with Crippen molar-refractivity contribution in [2.45, 2.75) is 0 Å². The van der Waals surface area contributed by atoms with E-state index < -0.39 is 0 Å². The number of fused-ring (bicyclic) bond motifs is 1. The second-order valence-corrected chi connectivity index (χ2v) is 6.73. The van der Waals surface area contributed by atoms with Crippen LogP contribution in [0, 0.1) is 0 Å². The Labute approximate surface area is 202 Å². The summed E-state index contributed by atoms with van der Waals surface area (Å²) in [5.41, 5.74) is 2.05. The van der Waals surface area contributed by atoms with Gasteiger partial charge < -0.3 is 14.8 Å². The van der Waals surface area contributed by atoms with Gasteiger partial charge >= 0.3 is 0 Å². The number of pyridine rings is 1. The van der Waals surface area contributed by atoms with Crippen LogP contribution in [0.2, 0.25) is 5.02 Å². The third-order valence-corrected chi connectivity index (χ3v) is 4.77. The van der Waals surface area contributed by atoms with Crippen molar-refractivity contribution < 1.29 is 14.3 Å². The summed E-state index contributed by atoms with van der Waals surface area (Å²) in [6.07, 6.45) is 3.26. The Hall–Kier alpha value is -3.13. The second-order valence-electron chi connectivity index (χ2n) is 6.32. The molecule has 10 heteroatoms. The van der Waals surface area contributed by atoms with Gasteiger partial charge in [0, 0.05) is 35.1 Å². The molecule has 0 atom stereocenters. The van der Waals surface area contributed by atoms with Crippen molar-refractivity contribution in [1.29, 1.82) is 0 Å². The molecule has 4 rings (SSSR count). The number of carbonyl (C=O) groups excluding carboxylic acids is 1. The number of nitrogens with one attached hydrogen (secondary N) is 1. The molecule has 4 aromatic rings. The minimum absolute atomic E-state index is 0. The zero-order chi connectivity index (χ0) is 21.1. The molecule has 0 saturated carbocycles. The molecule has 32 heavy (non-hydrogen) atoms. The molecule has 166 valence electrons. The van der Waals surface area contributed by atoms with E-state index in [-0.39, 0.29) is 30.6 Å². The van der Waals surface area contributed by atoms with Gasteiger partial charge in [0.1, 0.15) is 5.69 Å². The number of hydrogen-bond donors (Lipinski definition) is 1. The van der Waals surface area contributed by atoms with Gasteiger partial charge in [-0.2, -0.15) is 0 Å². The number of methoxy groups -OCH3 is 2. The molecule has 0 aliphatic carbocycles. The van der Waals surface area contributed by atoms with E-state index in [4.69, 9.17) is 21.1 Å². The van der Waals surface area contributed by atoms with Crippen LogP contribution in [0.3, 0.4) is 0 Å². The predicted molar refractivity (Wildman–Crippen MR) is 130 cm³/mol. The first kappa shape index (κ1) is 25.1. The minimum Gasteiger partial charge on any atom is -0.493 e. The monoisotopic (exact) mass is 492 g/mol. The van der Waals surface area contributed by atoms with Crippen LogP contribution >= 0.6 is 36.4 Å². The molecule has 0 radical (unpaired) electrons. The lowest BCUT2D eigenvalue weighted by atomic mass is 10.1. The van der Waals surface area contributed by atoms with Gasteiger partial charge in [-0.15, -0.1) is 24.8 Å². The van der Waals surface area contributed by atoms with Crippen molar-refractivity contribution in [1.82, 2.24) is 15.0 Å². The van der Waals surface area contributed by atoms with Crippen molar-refractivity contribution >= 4 is 64.7 Å². The summed E-state index contributed by atoms with van der Waals surface area (Å²) < 4.78 is 10.6. The van der Waals surface area contributed by atoms with Gasteiger partial charge in [-0.05, 0) is 36.4 Å². The predicted octanol–water partition coefficient (Wildman–Crippen LogP) is 5.51. The van der Waals surface area contributed by atoms with E-state index >= 15 is 0 Å². The van der Waals surface area contributed by atoms with E-state index in [1.165, 1.54) is 0 Å². The third kappa shape index (κ3) is 5.19. The van der Waals surface area contributed by atoms with Crippen LogP contribution in [0.5, 0.6) is 11.5 Å². The number of rotatable bonds is 6. The number of ketones is 1. The molecular weight excluding hydrogens is 475 g/mol. The molecule has 0 saturated heterocycles. The Morgan fingerprint density at radius 2 is 1.72 bits per heavy atom. The average molecular weight is 494 g/mol. The molecule has 0 unspecified atom stereocenters. The van der Waals surface area contributed by atoms with Crippen LogP contribution in [-0.4, -0.2) is 35.0 Å². The summed E-state index contributed by atoms with van der Waals surface area (Å²) in [5.74, 6) is 1.33. The van der Waals surface area contributed by atoms with E-state index in [0.29, 0.717) is 44.9 Å². The highest BCUT2D eigenvalue weighted by molar-refractivity contribution is 6.35. The number of nitrogens with zero attached hydrogens (tertiary/aromatic N) is 3. The minimum atomic E-state index is -0.241. The maximum atomic E-state index is 12.6. The Balaban J connectivity index is 0.00000181. The van der Waals surface area contributed by atoms with Crippen molar-refractivity contribution in [3.05, 3.63) is 77.2 Å². The fourth-order valence-electron chi connectivity index (χ4n) is 2.96. The van der Waals surface area contributed by atoms with E-state index in [0.717, 1.165) is 5.39 Å². The van der Waals surface area contributed by atoms with E-state index in [1.54, 1.807) is 69.1 Å². The number of anilines is 2. The first-order chi connectivity index (χ1) is 14.6. The quantitative estimate of drug-likeness (QED) is 0.354. The molecular formula is C22H19Cl3N4O3.